The number of nitro benzene ring substituents is 1. The number of sulfonamides is 1. The van der Waals surface area contributed by atoms with Crippen LogP contribution in [0.15, 0.2) is 83.8 Å². The van der Waals surface area contributed by atoms with Crippen molar-refractivity contribution < 1.29 is 18.1 Å². The summed E-state index contributed by atoms with van der Waals surface area (Å²) in [4.78, 5) is 23.2. The molecule has 4 rings (SSSR count). The van der Waals surface area contributed by atoms with Crippen molar-refractivity contribution in [3.63, 3.8) is 0 Å². The first kappa shape index (κ1) is 24.0. The first-order valence-electron chi connectivity index (χ1n) is 10.3. The Balaban J connectivity index is 1.59. The van der Waals surface area contributed by atoms with Gasteiger partial charge in [0, 0.05) is 17.7 Å². The number of carbonyl (C=O) groups excluding carboxylic acids is 1. The Morgan fingerprint density at radius 1 is 1.00 bits per heavy atom. The van der Waals surface area contributed by atoms with E-state index in [4.69, 9.17) is 0 Å². The fraction of sp³-hybridized carbons (Fsp3) is 0.0870. The Kier molecular flexibility index (Phi) is 6.85. The molecule has 0 spiro atoms. The van der Waals surface area contributed by atoms with Gasteiger partial charge in [0.1, 0.15) is 11.6 Å². The number of anilines is 2. The number of aryl methyl sites for hydroxylation is 1. The number of amides is 1. The Hall–Kier alpha value is -4.16. The van der Waals surface area contributed by atoms with E-state index in [1.807, 2.05) is 31.2 Å². The van der Waals surface area contributed by atoms with Crippen LogP contribution in [-0.4, -0.2) is 36.0 Å². The molecule has 0 bridgehead atoms. The molecule has 4 aromatic rings. The summed E-state index contributed by atoms with van der Waals surface area (Å²) in [5.41, 5.74) is 1.84. The van der Waals surface area contributed by atoms with Gasteiger partial charge in [0.2, 0.25) is 11.0 Å². The predicted octanol–water partition coefficient (Wildman–Crippen LogP) is 4.26. The lowest BCUT2D eigenvalue weighted by atomic mass is 10.2. The second-order valence-electron chi connectivity index (χ2n) is 7.42. The molecule has 0 aliphatic rings. The van der Waals surface area contributed by atoms with Gasteiger partial charge in [-0.2, -0.15) is 0 Å². The van der Waals surface area contributed by atoms with Crippen LogP contribution in [0.1, 0.15) is 5.56 Å². The van der Waals surface area contributed by atoms with Crippen LogP contribution in [0.25, 0.3) is 10.6 Å². The average Bonchev–Trinajstić information content (AvgIpc) is 3.32. The molecule has 1 amide bonds. The first-order valence-corrected chi connectivity index (χ1v) is 12.5. The van der Waals surface area contributed by atoms with Gasteiger partial charge in [-0.15, -0.1) is 10.2 Å². The van der Waals surface area contributed by atoms with Crippen molar-refractivity contribution in [1.29, 1.82) is 0 Å². The highest BCUT2D eigenvalue weighted by molar-refractivity contribution is 7.92. The van der Waals surface area contributed by atoms with E-state index in [1.54, 1.807) is 18.2 Å². The molecule has 35 heavy (non-hydrogen) atoms. The number of nitro groups is 1. The number of nitrogens with one attached hydrogen (secondary N) is 1. The average molecular weight is 510 g/mol. The van der Waals surface area contributed by atoms with Gasteiger partial charge in [0.05, 0.1) is 15.5 Å². The summed E-state index contributed by atoms with van der Waals surface area (Å²) >= 11 is 1.16. The Morgan fingerprint density at radius 2 is 1.66 bits per heavy atom. The molecular formula is C23H19N5O5S2. The van der Waals surface area contributed by atoms with Crippen LogP contribution < -0.4 is 9.62 Å². The number of carbonyl (C=O) groups is 1. The molecule has 0 radical (unpaired) electrons. The second-order valence-corrected chi connectivity index (χ2v) is 10.3. The molecule has 0 atom stereocenters. The smallest absolute Gasteiger partial charge is 0.269 e. The Labute approximate surface area is 205 Å². The SMILES string of the molecule is Cc1ccc(-c2nnc(NC(=O)CN(c3ccc([N+](=O)[O-])cc3)S(=O)(=O)c3ccccc3)s2)cc1. The molecule has 1 heterocycles. The predicted molar refractivity (Wildman–Crippen MR) is 133 cm³/mol. The van der Waals surface area contributed by atoms with E-state index < -0.39 is 27.4 Å². The zero-order valence-corrected chi connectivity index (χ0v) is 20.0. The van der Waals surface area contributed by atoms with Crippen LogP contribution >= 0.6 is 11.3 Å². The maximum Gasteiger partial charge on any atom is 0.269 e. The summed E-state index contributed by atoms with van der Waals surface area (Å²) in [5, 5.41) is 22.5. The van der Waals surface area contributed by atoms with Crippen LogP contribution in [0.4, 0.5) is 16.5 Å². The zero-order valence-electron chi connectivity index (χ0n) is 18.4. The minimum absolute atomic E-state index is 0.0243. The van der Waals surface area contributed by atoms with Crippen LogP contribution in [-0.2, 0) is 14.8 Å². The second kappa shape index (κ2) is 9.99. The number of nitrogens with zero attached hydrogens (tertiary/aromatic N) is 4. The normalized spacial score (nSPS) is 11.1. The monoisotopic (exact) mass is 509 g/mol. The van der Waals surface area contributed by atoms with Gasteiger partial charge in [-0.3, -0.25) is 24.5 Å². The highest BCUT2D eigenvalue weighted by Gasteiger charge is 2.28. The maximum atomic E-state index is 13.3. The molecule has 1 N–H and O–H groups in total. The molecular weight excluding hydrogens is 490 g/mol. The van der Waals surface area contributed by atoms with E-state index in [2.05, 4.69) is 15.5 Å². The van der Waals surface area contributed by atoms with Crippen molar-refractivity contribution in [2.45, 2.75) is 11.8 Å². The molecule has 12 heteroatoms. The minimum atomic E-state index is -4.15. The number of non-ortho nitro benzene ring substituents is 1. The van der Waals surface area contributed by atoms with Crippen LogP contribution in [0.3, 0.4) is 0 Å². The summed E-state index contributed by atoms with van der Waals surface area (Å²) in [7, 11) is -4.15. The van der Waals surface area contributed by atoms with E-state index in [1.165, 1.54) is 36.4 Å². The van der Waals surface area contributed by atoms with Crippen LogP contribution in [0, 0.1) is 17.0 Å². The third kappa shape index (κ3) is 5.50. The van der Waals surface area contributed by atoms with E-state index in [0.717, 1.165) is 26.8 Å². The van der Waals surface area contributed by atoms with Crippen molar-refractivity contribution in [3.8, 4) is 10.6 Å². The molecule has 178 valence electrons. The fourth-order valence-electron chi connectivity index (χ4n) is 3.15. The number of hydrogen-bond acceptors (Lipinski definition) is 8. The Morgan fingerprint density at radius 3 is 2.29 bits per heavy atom. The molecule has 0 unspecified atom stereocenters. The van der Waals surface area contributed by atoms with Gasteiger partial charge in [-0.1, -0.05) is 59.4 Å². The molecule has 0 saturated heterocycles. The topological polar surface area (TPSA) is 135 Å². The van der Waals surface area contributed by atoms with Gasteiger partial charge < -0.3 is 0 Å². The van der Waals surface area contributed by atoms with Gasteiger partial charge in [-0.25, -0.2) is 8.42 Å². The lowest BCUT2D eigenvalue weighted by molar-refractivity contribution is -0.384. The summed E-state index contributed by atoms with van der Waals surface area (Å²) in [5.74, 6) is -0.644. The Bertz CT molecular complexity index is 1450. The lowest BCUT2D eigenvalue weighted by Crippen LogP contribution is -2.38. The molecule has 0 aliphatic heterocycles. The maximum absolute atomic E-state index is 13.3. The molecule has 3 aromatic carbocycles. The lowest BCUT2D eigenvalue weighted by Gasteiger charge is -2.23. The number of rotatable bonds is 8. The summed E-state index contributed by atoms with van der Waals surface area (Å²) in [6.07, 6.45) is 0. The van der Waals surface area contributed by atoms with Gasteiger partial charge >= 0.3 is 0 Å². The number of hydrogen-bond donors (Lipinski definition) is 1. The van der Waals surface area contributed by atoms with Crippen LogP contribution in [0.5, 0.6) is 0 Å². The van der Waals surface area contributed by atoms with E-state index in [9.17, 15) is 23.3 Å². The standard InChI is InChI=1S/C23H19N5O5S2/c1-16-7-9-17(10-8-16)22-25-26-23(34-22)24-21(29)15-27(18-11-13-19(14-12-18)28(30)31)35(32,33)20-5-3-2-4-6-20/h2-14H,15H2,1H3,(H,24,26,29). The van der Waals surface area contributed by atoms with E-state index in [-0.39, 0.29) is 21.4 Å². The van der Waals surface area contributed by atoms with Crippen molar-refractivity contribution in [1.82, 2.24) is 10.2 Å². The highest BCUT2D eigenvalue weighted by Crippen LogP contribution is 2.28. The van der Waals surface area contributed by atoms with Crippen LogP contribution in [0.2, 0.25) is 0 Å². The largest absolute Gasteiger partial charge is 0.299 e. The molecule has 0 saturated carbocycles. The first-order chi connectivity index (χ1) is 16.7. The van der Waals surface area contributed by atoms with Crippen molar-refractivity contribution in [2.24, 2.45) is 0 Å². The van der Waals surface area contributed by atoms with Gasteiger partial charge in [-0.05, 0) is 31.2 Å². The van der Waals surface area contributed by atoms with Crippen molar-refractivity contribution >= 4 is 43.8 Å². The summed E-state index contributed by atoms with van der Waals surface area (Å²) in [6.45, 7) is 1.39. The van der Waals surface area contributed by atoms with Crippen molar-refractivity contribution in [2.75, 3.05) is 16.2 Å². The van der Waals surface area contributed by atoms with E-state index in [0.29, 0.717) is 5.01 Å². The molecule has 0 aliphatic carbocycles. The molecule has 10 nitrogen and oxygen atoms in total. The third-order valence-corrected chi connectivity index (χ3v) is 7.61. The summed E-state index contributed by atoms with van der Waals surface area (Å²) in [6, 6.07) is 20.2. The highest BCUT2D eigenvalue weighted by atomic mass is 32.2. The molecule has 0 fully saturated rings. The number of aromatic nitrogens is 2. The zero-order chi connectivity index (χ0) is 25.0. The third-order valence-electron chi connectivity index (χ3n) is 4.94. The van der Waals surface area contributed by atoms with Gasteiger partial charge in [0.15, 0.2) is 0 Å². The molecule has 1 aromatic heterocycles. The van der Waals surface area contributed by atoms with Crippen molar-refractivity contribution in [3.05, 3.63) is 94.5 Å². The fourth-order valence-corrected chi connectivity index (χ4v) is 5.36. The van der Waals surface area contributed by atoms with Gasteiger partial charge in [0.25, 0.3) is 15.7 Å². The van der Waals surface area contributed by atoms with E-state index >= 15 is 0 Å². The quantitative estimate of drug-likeness (QED) is 0.277. The summed E-state index contributed by atoms with van der Waals surface area (Å²) < 4.78 is 27.6. The minimum Gasteiger partial charge on any atom is -0.299 e. The number of benzene rings is 3.